The van der Waals surface area contributed by atoms with Crippen LogP contribution in [0.5, 0.6) is 0 Å². The minimum Gasteiger partial charge on any atom is -0.297 e. The molecular weight excluding hydrogens is 385 g/mol. The topological polar surface area (TPSA) is 29.1 Å². The maximum Gasteiger partial charge on any atom is 0.204 e. The van der Waals surface area contributed by atoms with E-state index in [1.807, 2.05) is 60.7 Å². The monoisotopic (exact) mass is 417 g/mol. The van der Waals surface area contributed by atoms with Crippen LogP contribution in [0.15, 0.2) is 91.0 Å². The van der Waals surface area contributed by atoms with Crippen molar-refractivity contribution in [2.45, 2.75) is 51.0 Å². The fraction of sp³-hybridized carbons (Fsp3) is 0.333. The Morgan fingerprint density at radius 2 is 1.20 bits per heavy atom. The number of rotatable bonds is 6. The average molecular weight is 418 g/mol. The maximum absolute atomic E-state index is 14.6. The highest BCUT2D eigenvalue weighted by Gasteiger charge is 2.41. The molecule has 0 heterocycles. The molecule has 4 rings (SSSR count). The summed E-state index contributed by atoms with van der Waals surface area (Å²) in [5, 5.41) is 5.52. The van der Waals surface area contributed by atoms with Gasteiger partial charge >= 0.3 is 0 Å². The summed E-state index contributed by atoms with van der Waals surface area (Å²) in [5.74, 6) is 0.425. The molecule has 0 saturated heterocycles. The maximum atomic E-state index is 14.6. The molecule has 0 aromatic heterocycles. The number of nitrogens with one attached hydrogen (secondary N) is 1. The second-order valence-electron chi connectivity index (χ2n) is 8.99. The van der Waals surface area contributed by atoms with Crippen LogP contribution in [0.4, 0.5) is 0 Å². The largest absolute Gasteiger partial charge is 0.297 e. The first-order valence-corrected chi connectivity index (χ1v) is 12.8. The second kappa shape index (κ2) is 8.92. The second-order valence-corrected chi connectivity index (χ2v) is 11.5. The fourth-order valence-corrected chi connectivity index (χ4v) is 7.59. The van der Waals surface area contributed by atoms with Crippen LogP contribution >= 0.6 is 7.29 Å². The van der Waals surface area contributed by atoms with Crippen molar-refractivity contribution in [1.82, 2.24) is 5.09 Å². The van der Waals surface area contributed by atoms with Crippen LogP contribution in [0.2, 0.25) is 0 Å². The molecule has 0 unspecified atom stereocenters. The third kappa shape index (κ3) is 4.17. The molecule has 0 amide bonds. The summed E-state index contributed by atoms with van der Waals surface area (Å²) in [7, 11) is -2.94. The Kier molecular flexibility index (Phi) is 6.27. The average Bonchev–Trinajstić information content (AvgIpc) is 2.81. The van der Waals surface area contributed by atoms with Crippen molar-refractivity contribution in [2.75, 3.05) is 0 Å². The minimum atomic E-state index is -2.94. The van der Waals surface area contributed by atoms with Gasteiger partial charge in [-0.25, -0.2) is 0 Å². The van der Waals surface area contributed by atoms with E-state index in [1.54, 1.807) is 0 Å². The van der Waals surface area contributed by atoms with Gasteiger partial charge in [0.15, 0.2) is 0 Å². The fourth-order valence-electron chi connectivity index (χ4n) is 5.04. The van der Waals surface area contributed by atoms with E-state index in [4.69, 9.17) is 0 Å². The zero-order chi connectivity index (χ0) is 21.0. The Morgan fingerprint density at radius 3 is 1.73 bits per heavy atom. The quantitative estimate of drug-likeness (QED) is 0.495. The summed E-state index contributed by atoms with van der Waals surface area (Å²) in [5.41, 5.74) is 1.37. The molecule has 1 aliphatic carbocycles. The zero-order valence-electron chi connectivity index (χ0n) is 18.0. The predicted octanol–water partition coefficient (Wildman–Crippen LogP) is 6.04. The molecule has 1 aliphatic rings. The van der Waals surface area contributed by atoms with Gasteiger partial charge in [0.25, 0.3) is 0 Å². The van der Waals surface area contributed by atoms with E-state index in [0.717, 1.165) is 23.5 Å². The van der Waals surface area contributed by atoms with Gasteiger partial charge in [-0.2, -0.15) is 0 Å². The SMILES string of the molecule is CC(C)(c1ccccc1)[C@H]1CCCC[C@@H]1NP(=O)(c1ccccc1)c1ccccc1. The minimum absolute atomic E-state index is 0.0115. The lowest BCUT2D eigenvalue weighted by atomic mass is 9.65. The molecule has 0 bridgehead atoms. The molecule has 0 radical (unpaired) electrons. The van der Waals surface area contributed by atoms with E-state index in [9.17, 15) is 4.57 Å². The first-order valence-electron chi connectivity index (χ1n) is 11.1. The predicted molar refractivity (Wildman–Crippen MR) is 128 cm³/mol. The van der Waals surface area contributed by atoms with Crippen LogP contribution in [0, 0.1) is 5.92 Å². The summed E-state index contributed by atoms with van der Waals surface area (Å²) < 4.78 is 14.6. The highest BCUT2D eigenvalue weighted by Crippen LogP contribution is 2.46. The summed E-state index contributed by atoms with van der Waals surface area (Å²) >= 11 is 0. The van der Waals surface area contributed by atoms with Crippen molar-refractivity contribution in [3.63, 3.8) is 0 Å². The Bertz CT molecular complexity index is 942. The molecule has 30 heavy (non-hydrogen) atoms. The molecule has 0 spiro atoms. The van der Waals surface area contributed by atoms with Crippen LogP contribution in [0.25, 0.3) is 0 Å². The standard InChI is InChI=1S/C27H32NOP/c1-27(2,22-14-6-3-7-15-22)25-20-12-13-21-26(25)28-30(29,23-16-8-4-9-17-23)24-18-10-5-11-19-24/h3-11,14-19,25-26H,12-13,20-21H2,1-2H3,(H,28,29)/t25-,26-/m0/s1. The lowest BCUT2D eigenvalue weighted by Gasteiger charge is -2.44. The van der Waals surface area contributed by atoms with Crippen LogP contribution in [-0.2, 0) is 9.98 Å². The van der Waals surface area contributed by atoms with Crippen LogP contribution in [-0.4, -0.2) is 6.04 Å². The normalized spacial score (nSPS) is 20.1. The van der Waals surface area contributed by atoms with Gasteiger partial charge in [0.2, 0.25) is 7.29 Å². The van der Waals surface area contributed by atoms with Crippen molar-refractivity contribution in [3.05, 3.63) is 96.6 Å². The lowest BCUT2D eigenvalue weighted by molar-refractivity contribution is 0.192. The Morgan fingerprint density at radius 1 is 0.733 bits per heavy atom. The number of benzene rings is 3. The molecule has 2 atom stereocenters. The molecule has 156 valence electrons. The number of hydrogen-bond acceptors (Lipinski definition) is 1. The summed E-state index contributed by atoms with van der Waals surface area (Å²) in [4.78, 5) is 0. The van der Waals surface area contributed by atoms with Gasteiger partial charge in [0.05, 0.1) is 0 Å². The molecular formula is C27H32NOP. The van der Waals surface area contributed by atoms with Crippen molar-refractivity contribution in [2.24, 2.45) is 5.92 Å². The highest BCUT2D eigenvalue weighted by atomic mass is 31.2. The molecule has 3 aromatic rings. The van der Waals surface area contributed by atoms with E-state index in [2.05, 4.69) is 49.3 Å². The molecule has 0 aliphatic heterocycles. The summed E-state index contributed by atoms with van der Waals surface area (Å²) in [6.07, 6.45) is 4.64. The van der Waals surface area contributed by atoms with Gasteiger partial charge in [0, 0.05) is 16.7 Å². The van der Waals surface area contributed by atoms with Gasteiger partial charge in [-0.05, 0) is 54.0 Å². The molecule has 1 fully saturated rings. The van der Waals surface area contributed by atoms with E-state index < -0.39 is 7.29 Å². The zero-order valence-corrected chi connectivity index (χ0v) is 18.9. The first-order chi connectivity index (χ1) is 14.5. The van der Waals surface area contributed by atoms with E-state index in [-0.39, 0.29) is 11.5 Å². The van der Waals surface area contributed by atoms with Crippen LogP contribution in [0.1, 0.15) is 45.1 Å². The van der Waals surface area contributed by atoms with Gasteiger partial charge in [-0.3, -0.25) is 9.65 Å². The van der Waals surface area contributed by atoms with Crippen molar-refractivity contribution < 1.29 is 4.57 Å². The Hall–Kier alpha value is -2.15. The smallest absolute Gasteiger partial charge is 0.204 e. The lowest BCUT2D eigenvalue weighted by Crippen LogP contribution is -2.48. The van der Waals surface area contributed by atoms with Gasteiger partial charge < -0.3 is 0 Å². The third-order valence-corrected chi connectivity index (χ3v) is 9.54. The van der Waals surface area contributed by atoms with E-state index in [0.29, 0.717) is 5.92 Å². The molecule has 1 N–H and O–H groups in total. The Labute approximate surface area is 181 Å². The summed E-state index contributed by atoms with van der Waals surface area (Å²) in [6, 6.07) is 30.9. The van der Waals surface area contributed by atoms with E-state index >= 15 is 0 Å². The first kappa shape index (κ1) is 21.1. The van der Waals surface area contributed by atoms with Gasteiger partial charge in [0.1, 0.15) is 0 Å². The molecule has 1 saturated carbocycles. The van der Waals surface area contributed by atoms with Crippen LogP contribution in [0.3, 0.4) is 0 Å². The van der Waals surface area contributed by atoms with Crippen LogP contribution < -0.4 is 15.7 Å². The number of hydrogen-bond donors (Lipinski definition) is 1. The summed E-state index contributed by atoms with van der Waals surface area (Å²) in [6.45, 7) is 4.70. The van der Waals surface area contributed by atoms with Gasteiger partial charge in [-0.15, -0.1) is 0 Å². The molecule has 2 nitrogen and oxygen atoms in total. The van der Waals surface area contributed by atoms with Crippen molar-refractivity contribution in [3.8, 4) is 0 Å². The molecule has 3 heteroatoms. The molecule has 3 aromatic carbocycles. The van der Waals surface area contributed by atoms with Crippen molar-refractivity contribution >= 4 is 17.9 Å². The Balaban J connectivity index is 1.72. The van der Waals surface area contributed by atoms with E-state index in [1.165, 1.54) is 18.4 Å². The highest BCUT2D eigenvalue weighted by molar-refractivity contribution is 7.76. The third-order valence-electron chi connectivity index (χ3n) is 6.80. The van der Waals surface area contributed by atoms with Crippen molar-refractivity contribution in [1.29, 1.82) is 0 Å². The van der Waals surface area contributed by atoms with Gasteiger partial charge in [-0.1, -0.05) is 93.4 Å².